The van der Waals surface area contributed by atoms with Gasteiger partial charge in [0.05, 0.1) is 11.1 Å². The van der Waals surface area contributed by atoms with Crippen LogP contribution < -0.4 is 5.32 Å². The van der Waals surface area contributed by atoms with Crippen LogP contribution in [0.3, 0.4) is 0 Å². The fraction of sp³-hybridized carbons (Fsp3) is 0.333. The van der Waals surface area contributed by atoms with E-state index in [1.165, 1.54) is 4.90 Å². The van der Waals surface area contributed by atoms with Gasteiger partial charge in [-0.25, -0.2) is 0 Å². The minimum atomic E-state index is -1.08. The van der Waals surface area contributed by atoms with E-state index in [1.54, 1.807) is 38.4 Å². The summed E-state index contributed by atoms with van der Waals surface area (Å²) < 4.78 is 0. The molecule has 7 heteroatoms. The van der Waals surface area contributed by atoms with Gasteiger partial charge in [0.1, 0.15) is 12.1 Å². The van der Waals surface area contributed by atoms with Gasteiger partial charge in [0.15, 0.2) is 0 Å². The average molecular weight is 421 g/mol. The molecule has 4 amide bonds. The van der Waals surface area contributed by atoms with Crippen LogP contribution in [0, 0.1) is 5.92 Å². The first-order valence-corrected chi connectivity index (χ1v) is 10.2. The second-order valence-corrected chi connectivity index (χ2v) is 8.19. The van der Waals surface area contributed by atoms with Crippen molar-refractivity contribution >= 4 is 23.6 Å². The highest BCUT2D eigenvalue weighted by Gasteiger charge is 2.43. The molecule has 0 aromatic heterocycles. The molecule has 0 radical (unpaired) electrons. The van der Waals surface area contributed by atoms with Gasteiger partial charge < -0.3 is 10.2 Å². The van der Waals surface area contributed by atoms with E-state index in [0.29, 0.717) is 0 Å². The van der Waals surface area contributed by atoms with Crippen LogP contribution in [-0.2, 0) is 16.0 Å². The average Bonchev–Trinajstić information content (AvgIpc) is 3.00. The van der Waals surface area contributed by atoms with Crippen molar-refractivity contribution in [3.8, 4) is 0 Å². The Hall–Kier alpha value is -3.48. The fourth-order valence-electron chi connectivity index (χ4n) is 3.67. The molecule has 0 aliphatic carbocycles. The Morgan fingerprint density at radius 2 is 1.42 bits per heavy atom. The summed E-state index contributed by atoms with van der Waals surface area (Å²) in [5, 5.41) is 2.79. The highest BCUT2D eigenvalue weighted by molar-refractivity contribution is 6.22. The van der Waals surface area contributed by atoms with Gasteiger partial charge in [-0.1, -0.05) is 56.3 Å². The predicted molar refractivity (Wildman–Crippen MR) is 116 cm³/mol. The Kier molecular flexibility index (Phi) is 6.53. The molecule has 1 aliphatic heterocycles. The number of likely N-dealkylation sites (N-methyl/N-ethyl adjacent to an activating group) is 1. The van der Waals surface area contributed by atoms with Crippen LogP contribution in [0.2, 0.25) is 0 Å². The summed E-state index contributed by atoms with van der Waals surface area (Å²) in [5.74, 6) is -1.96. The molecule has 1 aliphatic rings. The highest BCUT2D eigenvalue weighted by atomic mass is 16.2. The molecule has 0 saturated heterocycles. The number of carbonyl (C=O) groups excluding carboxylic acids is 4. The number of imide groups is 1. The second-order valence-electron chi connectivity index (χ2n) is 8.19. The van der Waals surface area contributed by atoms with Crippen molar-refractivity contribution in [2.45, 2.75) is 32.4 Å². The van der Waals surface area contributed by atoms with Crippen molar-refractivity contribution in [1.29, 1.82) is 0 Å². The zero-order valence-corrected chi connectivity index (χ0v) is 18.2. The third-order valence-corrected chi connectivity index (χ3v) is 5.38. The molecule has 2 atom stereocenters. The Balaban J connectivity index is 1.95. The first-order valence-electron chi connectivity index (χ1n) is 10.2. The normalized spacial score (nSPS) is 14.9. The van der Waals surface area contributed by atoms with Crippen LogP contribution >= 0.6 is 0 Å². The Labute approximate surface area is 182 Å². The number of nitrogens with one attached hydrogen (secondary N) is 1. The summed E-state index contributed by atoms with van der Waals surface area (Å²) in [7, 11) is 3.24. The van der Waals surface area contributed by atoms with Crippen LogP contribution in [0.15, 0.2) is 54.6 Å². The predicted octanol–water partition coefficient (Wildman–Crippen LogP) is 2.12. The van der Waals surface area contributed by atoms with E-state index in [0.717, 1.165) is 10.5 Å². The monoisotopic (exact) mass is 421 g/mol. The van der Waals surface area contributed by atoms with Crippen molar-refractivity contribution in [3.05, 3.63) is 71.3 Å². The summed E-state index contributed by atoms with van der Waals surface area (Å²) in [6.07, 6.45) is 0.152. The molecule has 7 nitrogen and oxygen atoms in total. The van der Waals surface area contributed by atoms with Gasteiger partial charge in [-0.15, -0.1) is 0 Å². The van der Waals surface area contributed by atoms with Gasteiger partial charge in [0.25, 0.3) is 11.8 Å². The topological polar surface area (TPSA) is 86.8 Å². The largest absolute Gasteiger partial charge is 0.347 e. The van der Waals surface area contributed by atoms with Gasteiger partial charge in [-0.05, 0) is 23.6 Å². The van der Waals surface area contributed by atoms with E-state index in [2.05, 4.69) is 5.32 Å². The van der Waals surface area contributed by atoms with Crippen LogP contribution in [0.1, 0.15) is 40.1 Å². The molecule has 1 heterocycles. The lowest BCUT2D eigenvalue weighted by molar-refractivity contribution is -0.136. The molecule has 162 valence electrons. The summed E-state index contributed by atoms with van der Waals surface area (Å²) >= 11 is 0. The minimum Gasteiger partial charge on any atom is -0.347 e. The zero-order valence-electron chi connectivity index (χ0n) is 18.2. The number of hydrogen-bond donors (Lipinski definition) is 1. The molecule has 2 aromatic carbocycles. The Morgan fingerprint density at radius 1 is 0.903 bits per heavy atom. The standard InChI is InChI=1S/C24H27N3O4/c1-15(2)20(24(31)26(3)4)25-21(28)19(14-16-10-6-5-7-11-16)27-22(29)17-12-8-9-13-18(17)23(27)30/h5-13,15,19-20H,14H2,1-4H3,(H,25,28)/t19-,20-/m0/s1. The van der Waals surface area contributed by atoms with E-state index >= 15 is 0 Å². The molecule has 3 rings (SSSR count). The molecule has 2 aromatic rings. The minimum absolute atomic E-state index is 0.152. The Morgan fingerprint density at radius 3 is 1.90 bits per heavy atom. The molecule has 31 heavy (non-hydrogen) atoms. The lowest BCUT2D eigenvalue weighted by Gasteiger charge is -2.30. The maximum Gasteiger partial charge on any atom is 0.262 e. The van der Waals surface area contributed by atoms with Crippen LogP contribution in [-0.4, -0.2) is 59.6 Å². The third kappa shape index (κ3) is 4.50. The van der Waals surface area contributed by atoms with E-state index < -0.39 is 29.8 Å². The first-order chi connectivity index (χ1) is 14.7. The highest BCUT2D eigenvalue weighted by Crippen LogP contribution is 2.26. The molecule has 0 bridgehead atoms. The molecule has 0 unspecified atom stereocenters. The number of carbonyl (C=O) groups is 4. The van der Waals surface area contributed by atoms with Crippen molar-refractivity contribution < 1.29 is 19.2 Å². The van der Waals surface area contributed by atoms with Crippen LogP contribution in [0.5, 0.6) is 0 Å². The molecule has 1 N–H and O–H groups in total. The van der Waals surface area contributed by atoms with Crippen LogP contribution in [0.25, 0.3) is 0 Å². The van der Waals surface area contributed by atoms with Crippen molar-refractivity contribution in [1.82, 2.24) is 15.1 Å². The maximum atomic E-state index is 13.4. The van der Waals surface area contributed by atoms with Crippen molar-refractivity contribution in [2.24, 2.45) is 5.92 Å². The van der Waals surface area contributed by atoms with Gasteiger partial charge in [0, 0.05) is 20.5 Å². The number of fused-ring (bicyclic) bond motifs is 1. The quantitative estimate of drug-likeness (QED) is 0.694. The fourth-order valence-corrected chi connectivity index (χ4v) is 3.67. The number of nitrogens with zero attached hydrogens (tertiary/aromatic N) is 2. The van der Waals surface area contributed by atoms with Crippen molar-refractivity contribution in [2.75, 3.05) is 14.1 Å². The zero-order chi connectivity index (χ0) is 22.7. The van der Waals surface area contributed by atoms with Gasteiger partial charge in [0.2, 0.25) is 11.8 Å². The first kappa shape index (κ1) is 22.2. The van der Waals surface area contributed by atoms with Gasteiger partial charge >= 0.3 is 0 Å². The SMILES string of the molecule is CC(C)[C@H](NC(=O)[C@H](Cc1ccccc1)N1C(=O)c2ccccc2C1=O)C(=O)N(C)C. The smallest absolute Gasteiger partial charge is 0.262 e. The third-order valence-electron chi connectivity index (χ3n) is 5.38. The number of amides is 4. The van der Waals surface area contributed by atoms with E-state index in [1.807, 2.05) is 44.2 Å². The van der Waals surface area contributed by atoms with Crippen LogP contribution in [0.4, 0.5) is 0 Å². The number of rotatable bonds is 7. The van der Waals surface area contributed by atoms with E-state index in [4.69, 9.17) is 0 Å². The summed E-state index contributed by atoms with van der Waals surface area (Å²) in [4.78, 5) is 54.5. The Bertz CT molecular complexity index is 966. The lowest BCUT2D eigenvalue weighted by Crippen LogP contribution is -2.56. The number of hydrogen-bond acceptors (Lipinski definition) is 4. The van der Waals surface area contributed by atoms with E-state index in [-0.39, 0.29) is 29.4 Å². The molecule has 0 saturated carbocycles. The molecule has 0 fully saturated rings. The molecular formula is C24H27N3O4. The molecule has 0 spiro atoms. The summed E-state index contributed by atoms with van der Waals surface area (Å²) in [5.41, 5.74) is 1.37. The summed E-state index contributed by atoms with van der Waals surface area (Å²) in [6, 6.07) is 13.9. The number of benzene rings is 2. The van der Waals surface area contributed by atoms with Crippen molar-refractivity contribution in [3.63, 3.8) is 0 Å². The van der Waals surface area contributed by atoms with Gasteiger partial charge in [-0.2, -0.15) is 0 Å². The maximum absolute atomic E-state index is 13.4. The summed E-state index contributed by atoms with van der Waals surface area (Å²) in [6.45, 7) is 3.67. The van der Waals surface area contributed by atoms with E-state index in [9.17, 15) is 19.2 Å². The second kappa shape index (κ2) is 9.12. The van der Waals surface area contributed by atoms with Gasteiger partial charge in [-0.3, -0.25) is 24.1 Å². The molecular weight excluding hydrogens is 394 g/mol. The lowest BCUT2D eigenvalue weighted by atomic mass is 10.00.